The molecule has 0 saturated heterocycles. The van der Waals surface area contributed by atoms with Crippen molar-refractivity contribution in [1.29, 1.82) is 0 Å². The summed E-state index contributed by atoms with van der Waals surface area (Å²) in [6.07, 6.45) is 1.99. The van der Waals surface area contributed by atoms with E-state index in [9.17, 15) is 0 Å². The number of hydrogen-bond donors (Lipinski definition) is 0. The molecule has 1 unspecified atom stereocenters. The number of pyridine rings is 1. The van der Waals surface area contributed by atoms with Gasteiger partial charge in [-0.1, -0.05) is 33.8 Å². The number of aromatic nitrogens is 1. The van der Waals surface area contributed by atoms with Crippen LogP contribution in [0.2, 0.25) is 0 Å². The average molecular weight is 206 g/mol. The van der Waals surface area contributed by atoms with Gasteiger partial charge < -0.3 is 4.90 Å². The number of anilines is 1. The van der Waals surface area contributed by atoms with Crippen molar-refractivity contribution in [2.75, 3.05) is 19.0 Å². The van der Waals surface area contributed by atoms with Gasteiger partial charge in [0.1, 0.15) is 5.82 Å². The highest BCUT2D eigenvalue weighted by molar-refractivity contribution is 5.38. The Labute approximate surface area is 93.3 Å². The van der Waals surface area contributed by atoms with Crippen LogP contribution < -0.4 is 4.90 Å². The quantitative estimate of drug-likeness (QED) is 0.738. The van der Waals surface area contributed by atoms with Crippen molar-refractivity contribution in [3.8, 4) is 0 Å². The van der Waals surface area contributed by atoms with Crippen LogP contribution in [-0.4, -0.2) is 19.1 Å². The Bertz CT molecular complexity index is 306. The van der Waals surface area contributed by atoms with Gasteiger partial charge in [0.25, 0.3) is 0 Å². The normalized spacial score (nSPS) is 13.7. The lowest BCUT2D eigenvalue weighted by Gasteiger charge is -2.27. The Kier molecular flexibility index (Phi) is 3.38. The van der Waals surface area contributed by atoms with E-state index >= 15 is 0 Å². The Morgan fingerprint density at radius 1 is 1.20 bits per heavy atom. The van der Waals surface area contributed by atoms with Crippen LogP contribution >= 0.6 is 0 Å². The van der Waals surface area contributed by atoms with Gasteiger partial charge in [-0.15, -0.1) is 0 Å². The smallest absolute Gasteiger partial charge is 0.127 e. The predicted octanol–water partition coefficient (Wildman–Crippen LogP) is 3.30. The summed E-state index contributed by atoms with van der Waals surface area (Å²) in [5.41, 5.74) is 1.61. The molecule has 0 saturated carbocycles. The molecule has 0 aliphatic rings. The molecule has 1 heterocycles. The summed E-state index contributed by atoms with van der Waals surface area (Å²) < 4.78 is 0. The Morgan fingerprint density at radius 2 is 1.80 bits per heavy atom. The van der Waals surface area contributed by atoms with Gasteiger partial charge >= 0.3 is 0 Å². The molecule has 84 valence electrons. The van der Waals surface area contributed by atoms with Crippen molar-refractivity contribution in [2.24, 2.45) is 5.41 Å². The van der Waals surface area contributed by atoms with Crippen molar-refractivity contribution in [3.05, 3.63) is 23.9 Å². The topological polar surface area (TPSA) is 16.1 Å². The van der Waals surface area contributed by atoms with Gasteiger partial charge in [0.15, 0.2) is 0 Å². The second-order valence-corrected chi connectivity index (χ2v) is 5.43. The van der Waals surface area contributed by atoms with Gasteiger partial charge in [-0.2, -0.15) is 0 Å². The highest BCUT2D eigenvalue weighted by Gasteiger charge is 2.21. The largest absolute Gasteiger partial charge is 0.363 e. The second-order valence-electron chi connectivity index (χ2n) is 5.43. The maximum Gasteiger partial charge on any atom is 0.127 e. The molecular weight excluding hydrogens is 184 g/mol. The zero-order chi connectivity index (χ0) is 11.6. The van der Waals surface area contributed by atoms with E-state index in [-0.39, 0.29) is 0 Å². The van der Waals surface area contributed by atoms with Crippen LogP contribution in [0, 0.1) is 5.41 Å². The first-order chi connectivity index (χ1) is 6.82. The molecule has 1 aromatic heterocycles. The monoisotopic (exact) mass is 206 g/mol. The van der Waals surface area contributed by atoms with Gasteiger partial charge in [0.2, 0.25) is 0 Å². The molecule has 0 N–H and O–H groups in total. The minimum Gasteiger partial charge on any atom is -0.363 e. The molecule has 1 atom stereocenters. The molecule has 0 spiro atoms. The summed E-state index contributed by atoms with van der Waals surface area (Å²) in [5.74, 6) is 1.54. The molecule has 0 fully saturated rings. The van der Waals surface area contributed by atoms with E-state index in [1.807, 2.05) is 25.2 Å². The first-order valence-corrected chi connectivity index (χ1v) is 5.45. The molecule has 0 aliphatic heterocycles. The van der Waals surface area contributed by atoms with Crippen molar-refractivity contribution in [2.45, 2.75) is 33.6 Å². The molecule has 0 aliphatic carbocycles. The van der Waals surface area contributed by atoms with Crippen LogP contribution in [0.15, 0.2) is 18.3 Å². The van der Waals surface area contributed by atoms with E-state index in [1.165, 1.54) is 5.56 Å². The Morgan fingerprint density at radius 3 is 2.13 bits per heavy atom. The first kappa shape index (κ1) is 12.0. The lowest BCUT2D eigenvalue weighted by molar-refractivity contribution is 0.339. The lowest BCUT2D eigenvalue weighted by atomic mass is 9.78. The third-order valence-corrected chi connectivity index (χ3v) is 3.03. The van der Waals surface area contributed by atoms with Crippen molar-refractivity contribution >= 4 is 5.82 Å². The van der Waals surface area contributed by atoms with Gasteiger partial charge in [0, 0.05) is 20.3 Å². The predicted molar refractivity (Wildman–Crippen MR) is 66.4 cm³/mol. The van der Waals surface area contributed by atoms with Crippen LogP contribution in [0.1, 0.15) is 39.2 Å². The molecule has 0 aromatic carbocycles. The Balaban J connectivity index is 2.89. The van der Waals surface area contributed by atoms with Crippen molar-refractivity contribution in [3.63, 3.8) is 0 Å². The van der Waals surface area contributed by atoms with Gasteiger partial charge in [-0.3, -0.25) is 0 Å². The van der Waals surface area contributed by atoms with Crippen molar-refractivity contribution in [1.82, 2.24) is 4.98 Å². The molecule has 1 rings (SSSR count). The van der Waals surface area contributed by atoms with E-state index < -0.39 is 0 Å². The average Bonchev–Trinajstić information content (AvgIpc) is 2.15. The summed E-state index contributed by atoms with van der Waals surface area (Å²) in [4.78, 5) is 6.46. The van der Waals surface area contributed by atoms with Crippen molar-refractivity contribution < 1.29 is 0 Å². The van der Waals surface area contributed by atoms with E-state index in [1.54, 1.807) is 0 Å². The van der Waals surface area contributed by atoms with Crippen LogP contribution in [-0.2, 0) is 0 Å². The maximum atomic E-state index is 4.44. The molecule has 2 heteroatoms. The molecule has 15 heavy (non-hydrogen) atoms. The molecule has 1 aromatic rings. The summed E-state index contributed by atoms with van der Waals surface area (Å²) in [6.45, 7) is 9.04. The van der Waals surface area contributed by atoms with Crippen LogP contribution in [0.4, 0.5) is 5.82 Å². The van der Waals surface area contributed by atoms with E-state index in [4.69, 9.17) is 0 Å². The highest BCUT2D eigenvalue weighted by atomic mass is 15.1. The van der Waals surface area contributed by atoms with Crippen LogP contribution in [0.5, 0.6) is 0 Å². The molecule has 0 amide bonds. The van der Waals surface area contributed by atoms with E-state index in [2.05, 4.69) is 44.8 Å². The standard InChI is InChI=1S/C13H22N2/c1-10(13(2,3)4)11-7-8-12(14-9-11)15(5)6/h7-10H,1-6H3. The molecular formula is C13H22N2. The van der Waals surface area contributed by atoms with Crippen LogP contribution in [0.25, 0.3) is 0 Å². The number of hydrogen-bond acceptors (Lipinski definition) is 2. The number of nitrogens with zero attached hydrogens (tertiary/aromatic N) is 2. The van der Waals surface area contributed by atoms with E-state index in [0.717, 1.165) is 5.82 Å². The molecule has 2 nitrogen and oxygen atoms in total. The van der Waals surface area contributed by atoms with Gasteiger partial charge in [0.05, 0.1) is 0 Å². The minimum atomic E-state index is 0.293. The Hall–Kier alpha value is -1.05. The van der Waals surface area contributed by atoms with Gasteiger partial charge in [-0.25, -0.2) is 4.98 Å². The van der Waals surface area contributed by atoms with Gasteiger partial charge in [-0.05, 0) is 23.0 Å². The maximum absolute atomic E-state index is 4.44. The fourth-order valence-electron chi connectivity index (χ4n) is 1.42. The fourth-order valence-corrected chi connectivity index (χ4v) is 1.42. The summed E-state index contributed by atoms with van der Waals surface area (Å²) in [5, 5.41) is 0. The summed E-state index contributed by atoms with van der Waals surface area (Å²) in [6, 6.07) is 4.26. The summed E-state index contributed by atoms with van der Waals surface area (Å²) >= 11 is 0. The zero-order valence-corrected chi connectivity index (χ0v) is 10.7. The third-order valence-electron chi connectivity index (χ3n) is 3.03. The number of rotatable bonds is 2. The SMILES string of the molecule is CC(c1ccc(N(C)C)nc1)C(C)(C)C. The molecule has 0 bridgehead atoms. The highest BCUT2D eigenvalue weighted by Crippen LogP contribution is 2.34. The second kappa shape index (κ2) is 4.21. The fraction of sp³-hybridized carbons (Fsp3) is 0.615. The van der Waals surface area contributed by atoms with E-state index in [0.29, 0.717) is 11.3 Å². The third kappa shape index (κ3) is 2.95. The lowest BCUT2D eigenvalue weighted by Crippen LogP contribution is -2.16. The molecule has 0 radical (unpaired) electrons. The van der Waals surface area contributed by atoms with Crippen LogP contribution in [0.3, 0.4) is 0 Å². The summed E-state index contributed by atoms with van der Waals surface area (Å²) in [7, 11) is 4.02. The minimum absolute atomic E-state index is 0.293. The first-order valence-electron chi connectivity index (χ1n) is 5.45. The zero-order valence-electron chi connectivity index (χ0n) is 10.7.